The Balaban J connectivity index is 2.21. The van der Waals surface area contributed by atoms with Gasteiger partial charge in [-0.1, -0.05) is 12.8 Å². The van der Waals surface area contributed by atoms with Crippen LogP contribution < -0.4 is 5.32 Å². The molecule has 1 aromatic carbocycles. The molecule has 0 unspecified atom stereocenters. The Morgan fingerprint density at radius 1 is 1.45 bits per heavy atom. The highest BCUT2D eigenvalue weighted by Crippen LogP contribution is 2.30. The number of nitrogens with one attached hydrogen (secondary N) is 1. The van der Waals surface area contributed by atoms with Crippen molar-refractivity contribution in [3.05, 3.63) is 38.3 Å². The van der Waals surface area contributed by atoms with E-state index in [1.807, 2.05) is 0 Å². The third-order valence-corrected chi connectivity index (χ3v) is 4.32. The molecule has 0 bridgehead atoms. The molecule has 2 rings (SSSR count). The zero-order chi connectivity index (χ0) is 14.8. The molecule has 7 heteroatoms. The molecule has 108 valence electrons. The molecule has 2 N–H and O–H groups in total. The summed E-state index contributed by atoms with van der Waals surface area (Å²) in [6.45, 7) is -0.114. The van der Waals surface area contributed by atoms with Crippen molar-refractivity contribution in [3.8, 4) is 0 Å². The topological polar surface area (TPSA) is 92.5 Å². The van der Waals surface area contributed by atoms with Gasteiger partial charge in [-0.2, -0.15) is 0 Å². The number of hydrogen-bond donors (Lipinski definition) is 2. The molecule has 0 spiro atoms. The van der Waals surface area contributed by atoms with Crippen molar-refractivity contribution < 1.29 is 14.8 Å². The average Bonchev–Trinajstić information content (AvgIpc) is 2.88. The van der Waals surface area contributed by atoms with E-state index < -0.39 is 16.4 Å². The Morgan fingerprint density at radius 3 is 2.65 bits per heavy atom. The van der Waals surface area contributed by atoms with Gasteiger partial charge < -0.3 is 10.4 Å². The van der Waals surface area contributed by atoms with Gasteiger partial charge in [0.25, 0.3) is 11.6 Å². The van der Waals surface area contributed by atoms with E-state index in [1.54, 1.807) is 0 Å². The summed E-state index contributed by atoms with van der Waals surface area (Å²) in [5, 5.41) is 23.2. The molecule has 0 heterocycles. The maximum atomic E-state index is 12.2. The fraction of sp³-hybridized carbons (Fsp3) is 0.462. The maximum absolute atomic E-state index is 12.2. The first-order chi connectivity index (χ1) is 9.47. The number of nitro benzene ring substituents is 1. The third-order valence-electron chi connectivity index (χ3n) is 3.65. The van der Waals surface area contributed by atoms with Gasteiger partial charge in [0.1, 0.15) is 0 Å². The number of amides is 1. The molecular formula is C13H15BrN2O4. The van der Waals surface area contributed by atoms with Crippen LogP contribution in [0.2, 0.25) is 0 Å². The predicted octanol–water partition coefficient (Wildman–Crippen LogP) is 2.39. The molecule has 0 aliphatic heterocycles. The highest BCUT2D eigenvalue weighted by molar-refractivity contribution is 9.10. The van der Waals surface area contributed by atoms with E-state index >= 15 is 0 Å². The minimum absolute atomic E-state index is 0.114. The number of nitrogens with zero attached hydrogens (tertiary/aromatic N) is 1. The lowest BCUT2D eigenvalue weighted by Crippen LogP contribution is -2.49. The smallest absolute Gasteiger partial charge is 0.284 e. The van der Waals surface area contributed by atoms with E-state index in [2.05, 4.69) is 21.2 Å². The number of halogens is 1. The molecule has 6 nitrogen and oxygen atoms in total. The Hall–Kier alpha value is -1.47. The van der Waals surface area contributed by atoms with Crippen molar-refractivity contribution in [1.82, 2.24) is 5.32 Å². The standard InChI is InChI=1S/C13H15BrN2O4/c14-10-4-3-9(7-11(10)16(19)20)12(18)15-13(8-17)5-1-2-6-13/h3-4,7,17H,1-2,5-6,8H2,(H,15,18). The van der Waals surface area contributed by atoms with Gasteiger partial charge in [-0.15, -0.1) is 0 Å². The van der Waals surface area contributed by atoms with Crippen LogP contribution in [0.3, 0.4) is 0 Å². The van der Waals surface area contributed by atoms with E-state index in [0.29, 0.717) is 4.47 Å². The second-order valence-electron chi connectivity index (χ2n) is 5.02. The normalized spacial score (nSPS) is 16.9. The highest BCUT2D eigenvalue weighted by Gasteiger charge is 2.35. The molecule has 1 aromatic rings. The molecule has 0 radical (unpaired) electrons. The van der Waals surface area contributed by atoms with Gasteiger partial charge in [0.05, 0.1) is 21.5 Å². The van der Waals surface area contributed by atoms with E-state index in [4.69, 9.17) is 0 Å². The third kappa shape index (κ3) is 2.99. The Morgan fingerprint density at radius 2 is 2.10 bits per heavy atom. The fourth-order valence-corrected chi connectivity index (χ4v) is 2.87. The Bertz CT molecular complexity index is 541. The fourth-order valence-electron chi connectivity index (χ4n) is 2.48. The number of carbonyl (C=O) groups is 1. The van der Waals surface area contributed by atoms with Crippen molar-refractivity contribution in [3.63, 3.8) is 0 Å². The van der Waals surface area contributed by atoms with E-state index in [0.717, 1.165) is 25.7 Å². The second-order valence-corrected chi connectivity index (χ2v) is 5.88. The molecule has 1 amide bonds. The lowest BCUT2D eigenvalue weighted by molar-refractivity contribution is -0.385. The molecule has 0 atom stereocenters. The molecule has 0 aromatic heterocycles. The van der Waals surface area contributed by atoms with Crippen LogP contribution in [0, 0.1) is 10.1 Å². The molecule has 0 saturated heterocycles. The van der Waals surface area contributed by atoms with Gasteiger partial charge in [-0.05, 0) is 40.9 Å². The monoisotopic (exact) mass is 342 g/mol. The molecule has 1 aliphatic carbocycles. The minimum Gasteiger partial charge on any atom is -0.394 e. The van der Waals surface area contributed by atoms with Crippen LogP contribution in [-0.2, 0) is 0 Å². The summed E-state index contributed by atoms with van der Waals surface area (Å²) in [5.74, 6) is -0.392. The zero-order valence-electron chi connectivity index (χ0n) is 10.8. The summed E-state index contributed by atoms with van der Waals surface area (Å²) < 4.78 is 0.330. The van der Waals surface area contributed by atoms with Crippen LogP contribution in [0.1, 0.15) is 36.0 Å². The van der Waals surface area contributed by atoms with E-state index in [9.17, 15) is 20.0 Å². The Labute approximate surface area is 124 Å². The van der Waals surface area contributed by atoms with E-state index in [-0.39, 0.29) is 17.9 Å². The number of aliphatic hydroxyl groups excluding tert-OH is 1. The lowest BCUT2D eigenvalue weighted by atomic mass is 9.98. The lowest BCUT2D eigenvalue weighted by Gasteiger charge is -2.27. The summed E-state index contributed by atoms with van der Waals surface area (Å²) in [7, 11) is 0. The molecule has 20 heavy (non-hydrogen) atoms. The summed E-state index contributed by atoms with van der Waals surface area (Å²) in [6, 6.07) is 4.24. The van der Waals surface area contributed by atoms with Gasteiger partial charge in [0.15, 0.2) is 0 Å². The number of nitro groups is 1. The number of benzene rings is 1. The average molecular weight is 343 g/mol. The summed E-state index contributed by atoms with van der Waals surface area (Å²) in [5.41, 5.74) is -0.513. The predicted molar refractivity (Wildman–Crippen MR) is 76.5 cm³/mol. The van der Waals surface area contributed by atoms with Crippen LogP contribution in [0.4, 0.5) is 5.69 Å². The van der Waals surface area contributed by atoms with Crippen molar-refractivity contribution in [1.29, 1.82) is 0 Å². The zero-order valence-corrected chi connectivity index (χ0v) is 12.4. The van der Waals surface area contributed by atoms with Crippen LogP contribution in [0.15, 0.2) is 22.7 Å². The van der Waals surface area contributed by atoms with Crippen LogP contribution in [0.25, 0.3) is 0 Å². The second kappa shape index (κ2) is 5.88. The molecular weight excluding hydrogens is 328 g/mol. The van der Waals surface area contributed by atoms with Crippen LogP contribution in [0.5, 0.6) is 0 Å². The van der Waals surface area contributed by atoms with Crippen LogP contribution >= 0.6 is 15.9 Å². The molecule has 1 aliphatic rings. The first kappa shape index (κ1) is 14.9. The van der Waals surface area contributed by atoms with Crippen LogP contribution in [-0.4, -0.2) is 28.1 Å². The molecule has 1 saturated carbocycles. The quantitative estimate of drug-likeness (QED) is 0.649. The largest absolute Gasteiger partial charge is 0.394 e. The maximum Gasteiger partial charge on any atom is 0.284 e. The number of carbonyl (C=O) groups excluding carboxylic acids is 1. The highest BCUT2D eigenvalue weighted by atomic mass is 79.9. The van der Waals surface area contributed by atoms with Crippen molar-refractivity contribution in [2.45, 2.75) is 31.2 Å². The van der Waals surface area contributed by atoms with Crippen molar-refractivity contribution in [2.24, 2.45) is 0 Å². The first-order valence-electron chi connectivity index (χ1n) is 6.35. The number of hydrogen-bond acceptors (Lipinski definition) is 4. The summed E-state index contributed by atoms with van der Waals surface area (Å²) >= 11 is 3.08. The van der Waals surface area contributed by atoms with Gasteiger partial charge >= 0.3 is 0 Å². The van der Waals surface area contributed by atoms with Gasteiger partial charge in [-0.25, -0.2) is 0 Å². The van der Waals surface area contributed by atoms with Gasteiger partial charge in [0, 0.05) is 11.6 Å². The number of aliphatic hydroxyl groups is 1. The van der Waals surface area contributed by atoms with Crippen molar-refractivity contribution >= 4 is 27.5 Å². The first-order valence-corrected chi connectivity index (χ1v) is 7.14. The minimum atomic E-state index is -0.584. The SMILES string of the molecule is O=C(NC1(CO)CCCC1)c1ccc(Br)c([N+](=O)[O-])c1. The van der Waals surface area contributed by atoms with Crippen molar-refractivity contribution in [2.75, 3.05) is 6.61 Å². The summed E-state index contributed by atoms with van der Waals surface area (Å²) in [6.07, 6.45) is 3.38. The van der Waals surface area contributed by atoms with Gasteiger partial charge in [0.2, 0.25) is 0 Å². The Kier molecular flexibility index (Phi) is 4.39. The number of rotatable bonds is 4. The van der Waals surface area contributed by atoms with E-state index in [1.165, 1.54) is 18.2 Å². The van der Waals surface area contributed by atoms with Gasteiger partial charge in [-0.3, -0.25) is 14.9 Å². The molecule has 1 fully saturated rings. The summed E-state index contributed by atoms with van der Waals surface area (Å²) in [4.78, 5) is 22.5.